The summed E-state index contributed by atoms with van der Waals surface area (Å²) in [6.45, 7) is 5.42. The van der Waals surface area contributed by atoms with Crippen LogP contribution in [0.2, 0.25) is 0 Å². The van der Waals surface area contributed by atoms with Crippen LogP contribution in [0.1, 0.15) is 40.0 Å². The molecule has 3 N–H and O–H groups in total. The summed E-state index contributed by atoms with van der Waals surface area (Å²) >= 11 is 0. The van der Waals surface area contributed by atoms with Crippen molar-refractivity contribution in [3.63, 3.8) is 0 Å². The van der Waals surface area contributed by atoms with Gasteiger partial charge in [0.25, 0.3) is 0 Å². The van der Waals surface area contributed by atoms with Crippen molar-refractivity contribution in [2.75, 3.05) is 26.2 Å². The molecule has 0 radical (unpaired) electrons. The second-order valence-electron chi connectivity index (χ2n) is 8.76. The van der Waals surface area contributed by atoms with E-state index in [0.29, 0.717) is 32.3 Å². The fourth-order valence-corrected chi connectivity index (χ4v) is 4.60. The molecule has 184 valence electrons. The lowest BCUT2D eigenvalue weighted by atomic mass is 9.94. The molecule has 0 bridgehead atoms. The van der Waals surface area contributed by atoms with Crippen molar-refractivity contribution in [2.45, 2.75) is 50.5 Å². The topological polar surface area (TPSA) is 141 Å². The second-order valence-corrected chi connectivity index (χ2v) is 10.7. The molecule has 10 nitrogen and oxygen atoms in total. The number of piperidine rings is 1. The van der Waals surface area contributed by atoms with Crippen LogP contribution in [-0.2, 0) is 19.6 Å². The van der Waals surface area contributed by atoms with E-state index in [4.69, 9.17) is 15.2 Å². The van der Waals surface area contributed by atoms with E-state index in [0.717, 1.165) is 0 Å². The number of primary amides is 1. The molecular weight excluding hydrogens is 455 g/mol. The molecule has 0 aliphatic carbocycles. The smallest absolute Gasteiger partial charge is 0.407 e. The van der Waals surface area contributed by atoms with Crippen molar-refractivity contribution < 1.29 is 31.9 Å². The fraction of sp³-hybridized carbons (Fsp3) is 0.571. The molecule has 0 spiro atoms. The van der Waals surface area contributed by atoms with Crippen LogP contribution in [0.15, 0.2) is 35.1 Å². The standard InChI is InChI=1S/C21H31FN4O6S/c1-21(2,3)32-20(28)25-12-16(11-22)14-31-19-5-4-17(13-24-19)33(29,30)26-8-6-15(7-9-26)10-18(23)27/h4-5,11,13,15H,6-10,12,14H2,1-3H3,(H2,23,27)(H,25,28)/b16-11+. The van der Waals surface area contributed by atoms with Crippen LogP contribution < -0.4 is 15.8 Å². The van der Waals surface area contributed by atoms with Gasteiger partial charge in [-0.05, 0) is 45.6 Å². The van der Waals surface area contributed by atoms with Crippen LogP contribution in [0.3, 0.4) is 0 Å². The number of hydrogen-bond donors (Lipinski definition) is 2. The molecule has 2 amide bonds. The van der Waals surface area contributed by atoms with Gasteiger partial charge >= 0.3 is 6.09 Å². The summed E-state index contributed by atoms with van der Waals surface area (Å²) in [6.07, 6.45) is 2.19. The summed E-state index contributed by atoms with van der Waals surface area (Å²) in [5.41, 5.74) is 4.68. The first-order valence-corrected chi connectivity index (χ1v) is 12.0. The average Bonchev–Trinajstić information content (AvgIpc) is 2.73. The van der Waals surface area contributed by atoms with Gasteiger partial charge in [0.05, 0.1) is 12.5 Å². The van der Waals surface area contributed by atoms with Crippen LogP contribution in [0.5, 0.6) is 5.88 Å². The van der Waals surface area contributed by atoms with E-state index >= 15 is 0 Å². The van der Waals surface area contributed by atoms with Gasteiger partial charge in [0.15, 0.2) is 0 Å². The minimum atomic E-state index is -3.73. The zero-order valence-electron chi connectivity index (χ0n) is 19.0. The third-order valence-corrected chi connectivity index (χ3v) is 6.71. The molecule has 1 aliphatic rings. The van der Waals surface area contributed by atoms with E-state index < -0.39 is 21.7 Å². The number of rotatable bonds is 9. The first kappa shape index (κ1) is 26.5. The predicted octanol–water partition coefficient (Wildman–Crippen LogP) is 2.11. The van der Waals surface area contributed by atoms with E-state index in [1.165, 1.54) is 22.6 Å². The molecule has 2 rings (SSSR count). The Hall–Kier alpha value is -2.73. The molecule has 1 aliphatic heterocycles. The number of amides is 2. The maximum absolute atomic E-state index is 13.1. The summed E-state index contributed by atoms with van der Waals surface area (Å²) in [7, 11) is -3.73. The van der Waals surface area contributed by atoms with Crippen molar-refractivity contribution in [3.8, 4) is 5.88 Å². The molecular formula is C21H31FN4O6S. The van der Waals surface area contributed by atoms with Crippen LogP contribution in [0.4, 0.5) is 9.18 Å². The largest absolute Gasteiger partial charge is 0.473 e. The maximum Gasteiger partial charge on any atom is 0.407 e. The maximum atomic E-state index is 13.1. The molecule has 33 heavy (non-hydrogen) atoms. The van der Waals surface area contributed by atoms with Crippen LogP contribution in [-0.4, -0.2) is 61.5 Å². The van der Waals surface area contributed by atoms with Gasteiger partial charge in [-0.3, -0.25) is 4.79 Å². The summed E-state index contributed by atoms with van der Waals surface area (Å²) in [4.78, 5) is 26.7. The van der Waals surface area contributed by atoms with Gasteiger partial charge in [0, 0.05) is 37.7 Å². The Labute approximate surface area is 193 Å². The number of carbonyl (C=O) groups is 2. The molecule has 0 atom stereocenters. The molecule has 0 aromatic carbocycles. The zero-order valence-corrected chi connectivity index (χ0v) is 19.9. The number of carbonyl (C=O) groups excluding carboxylic acids is 2. The quantitative estimate of drug-likeness (QED) is 0.545. The number of pyridine rings is 1. The van der Waals surface area contributed by atoms with Crippen molar-refractivity contribution in [3.05, 3.63) is 30.2 Å². The Morgan fingerprint density at radius 2 is 1.97 bits per heavy atom. The number of aromatic nitrogens is 1. The molecule has 12 heteroatoms. The van der Waals surface area contributed by atoms with Gasteiger partial charge in [0.2, 0.25) is 21.8 Å². The lowest BCUT2D eigenvalue weighted by Gasteiger charge is -2.30. The van der Waals surface area contributed by atoms with Gasteiger partial charge in [-0.2, -0.15) is 4.31 Å². The number of halogens is 1. The molecule has 1 fully saturated rings. The van der Waals surface area contributed by atoms with Crippen LogP contribution in [0, 0.1) is 5.92 Å². The van der Waals surface area contributed by atoms with Crippen molar-refractivity contribution in [1.82, 2.24) is 14.6 Å². The highest BCUT2D eigenvalue weighted by Gasteiger charge is 2.30. The lowest BCUT2D eigenvalue weighted by Crippen LogP contribution is -2.39. The van der Waals surface area contributed by atoms with E-state index in [1.54, 1.807) is 20.8 Å². The monoisotopic (exact) mass is 486 g/mol. The Bertz CT molecular complexity index is 952. The van der Waals surface area contributed by atoms with E-state index in [2.05, 4.69) is 10.3 Å². The molecule has 0 saturated carbocycles. The fourth-order valence-electron chi connectivity index (χ4n) is 3.18. The summed E-state index contributed by atoms with van der Waals surface area (Å²) in [5, 5.41) is 2.42. The highest BCUT2D eigenvalue weighted by atomic mass is 32.2. The molecule has 2 heterocycles. The number of nitrogens with one attached hydrogen (secondary N) is 1. The number of hydrogen-bond acceptors (Lipinski definition) is 7. The van der Waals surface area contributed by atoms with Crippen LogP contribution in [0.25, 0.3) is 0 Å². The van der Waals surface area contributed by atoms with Gasteiger partial charge < -0.3 is 20.5 Å². The minimum Gasteiger partial charge on any atom is -0.473 e. The van der Waals surface area contributed by atoms with E-state index in [9.17, 15) is 22.4 Å². The van der Waals surface area contributed by atoms with Gasteiger partial charge in [-0.15, -0.1) is 0 Å². The Balaban J connectivity index is 1.87. The van der Waals surface area contributed by atoms with Gasteiger partial charge in [-0.1, -0.05) is 0 Å². The SMILES string of the molecule is CC(C)(C)OC(=O)NC/C(=C\F)COc1ccc(S(=O)(=O)N2CCC(CC(N)=O)CC2)cn1. The van der Waals surface area contributed by atoms with E-state index in [-0.39, 0.29) is 47.7 Å². The first-order valence-electron chi connectivity index (χ1n) is 10.5. The first-order chi connectivity index (χ1) is 15.4. The third-order valence-electron chi connectivity index (χ3n) is 4.83. The van der Waals surface area contributed by atoms with Crippen LogP contribution >= 0.6 is 0 Å². The average molecular weight is 487 g/mol. The van der Waals surface area contributed by atoms with Gasteiger partial charge in [0.1, 0.15) is 17.1 Å². The molecule has 0 unspecified atom stereocenters. The number of nitrogens with zero attached hydrogens (tertiary/aromatic N) is 2. The lowest BCUT2D eigenvalue weighted by molar-refractivity contribution is -0.119. The highest BCUT2D eigenvalue weighted by molar-refractivity contribution is 7.89. The van der Waals surface area contributed by atoms with Crippen molar-refractivity contribution in [1.29, 1.82) is 0 Å². The van der Waals surface area contributed by atoms with Crippen molar-refractivity contribution in [2.24, 2.45) is 11.7 Å². The van der Waals surface area contributed by atoms with Crippen molar-refractivity contribution >= 4 is 22.0 Å². The molecule has 1 saturated heterocycles. The highest BCUT2D eigenvalue weighted by Crippen LogP contribution is 2.25. The summed E-state index contributed by atoms with van der Waals surface area (Å²) in [5.74, 6) is -0.196. The zero-order chi connectivity index (χ0) is 24.6. The Morgan fingerprint density at radius 3 is 2.48 bits per heavy atom. The Morgan fingerprint density at radius 1 is 1.30 bits per heavy atom. The third kappa shape index (κ3) is 8.61. The number of ether oxygens (including phenoxy) is 2. The Kier molecular flexibility index (Phi) is 9.17. The van der Waals surface area contributed by atoms with E-state index in [1.807, 2.05) is 0 Å². The predicted molar refractivity (Wildman–Crippen MR) is 118 cm³/mol. The second kappa shape index (κ2) is 11.4. The molecule has 1 aromatic heterocycles. The normalized spacial score (nSPS) is 16.3. The minimum absolute atomic E-state index is 0.0102. The van der Waals surface area contributed by atoms with Gasteiger partial charge in [-0.25, -0.2) is 22.6 Å². The summed E-state index contributed by atoms with van der Waals surface area (Å²) in [6, 6.07) is 2.74. The number of alkyl carbamates (subject to hydrolysis) is 1. The number of nitrogens with two attached hydrogens (primary N) is 1. The number of sulfonamides is 1. The molecule has 1 aromatic rings. The summed E-state index contributed by atoms with van der Waals surface area (Å²) < 4.78 is 50.6.